The second-order valence-corrected chi connectivity index (χ2v) is 8.06. The number of aromatic nitrogens is 1. The van der Waals surface area contributed by atoms with E-state index in [1.165, 1.54) is 19.2 Å². The summed E-state index contributed by atoms with van der Waals surface area (Å²) in [5, 5.41) is 0. The summed E-state index contributed by atoms with van der Waals surface area (Å²) in [5.41, 5.74) is 1.08. The van der Waals surface area contributed by atoms with Crippen molar-refractivity contribution in [3.63, 3.8) is 0 Å². The number of methoxy groups -OCH3 is 1. The lowest BCUT2D eigenvalue weighted by atomic mass is 9.97. The van der Waals surface area contributed by atoms with E-state index in [2.05, 4.69) is 14.6 Å². The van der Waals surface area contributed by atoms with Gasteiger partial charge in [-0.15, -0.1) is 0 Å². The fourth-order valence-electron chi connectivity index (χ4n) is 3.06. The number of piperidine rings is 1. The van der Waals surface area contributed by atoms with Crippen LogP contribution in [0.15, 0.2) is 47.6 Å². The Labute approximate surface area is 153 Å². The molecular weight excluding hydrogens is 357 g/mol. The van der Waals surface area contributed by atoms with Crippen molar-refractivity contribution in [2.75, 3.05) is 31.6 Å². The fourth-order valence-corrected chi connectivity index (χ4v) is 4.19. The molecule has 2 aromatic rings. The fraction of sp³-hybridized carbons (Fsp3) is 0.389. The average Bonchev–Trinajstić information content (AvgIpc) is 2.67. The number of halogens is 1. The molecule has 0 spiro atoms. The number of nitrogens with zero attached hydrogens (tertiary/aromatic N) is 2. The SMILES string of the molecule is COc1ccc(S(=O)(=O)NCC2CCN(c3cccnc3)CC2)cc1F. The lowest BCUT2D eigenvalue weighted by Crippen LogP contribution is -2.38. The molecule has 1 N–H and O–H groups in total. The van der Waals surface area contributed by atoms with Gasteiger partial charge in [-0.3, -0.25) is 4.98 Å². The van der Waals surface area contributed by atoms with E-state index in [0.717, 1.165) is 37.7 Å². The van der Waals surface area contributed by atoms with Crippen LogP contribution in [-0.2, 0) is 10.0 Å². The molecule has 1 aromatic carbocycles. The van der Waals surface area contributed by atoms with Gasteiger partial charge in [0, 0.05) is 25.8 Å². The van der Waals surface area contributed by atoms with Crippen LogP contribution in [0.1, 0.15) is 12.8 Å². The average molecular weight is 379 g/mol. The van der Waals surface area contributed by atoms with Crippen LogP contribution in [0.3, 0.4) is 0 Å². The minimum atomic E-state index is -3.74. The van der Waals surface area contributed by atoms with Gasteiger partial charge in [-0.05, 0) is 49.1 Å². The summed E-state index contributed by atoms with van der Waals surface area (Å²) in [4.78, 5) is 6.28. The molecule has 140 valence electrons. The third-order valence-corrected chi connectivity index (χ3v) is 6.04. The van der Waals surface area contributed by atoms with Crippen LogP contribution in [0, 0.1) is 11.7 Å². The van der Waals surface area contributed by atoms with E-state index in [1.807, 2.05) is 18.3 Å². The minimum absolute atomic E-state index is 0.0201. The number of anilines is 1. The van der Waals surface area contributed by atoms with E-state index in [-0.39, 0.29) is 16.6 Å². The lowest BCUT2D eigenvalue weighted by Gasteiger charge is -2.33. The molecule has 0 bridgehead atoms. The molecule has 0 radical (unpaired) electrons. The van der Waals surface area contributed by atoms with Crippen LogP contribution >= 0.6 is 0 Å². The van der Waals surface area contributed by atoms with Gasteiger partial charge < -0.3 is 9.64 Å². The van der Waals surface area contributed by atoms with Gasteiger partial charge >= 0.3 is 0 Å². The van der Waals surface area contributed by atoms with Crippen molar-refractivity contribution in [1.82, 2.24) is 9.71 Å². The zero-order valence-electron chi connectivity index (χ0n) is 14.6. The molecule has 1 fully saturated rings. The highest BCUT2D eigenvalue weighted by Gasteiger charge is 2.23. The maximum Gasteiger partial charge on any atom is 0.240 e. The smallest absolute Gasteiger partial charge is 0.240 e. The van der Waals surface area contributed by atoms with Gasteiger partial charge in [-0.1, -0.05) is 0 Å². The van der Waals surface area contributed by atoms with Crippen molar-refractivity contribution >= 4 is 15.7 Å². The number of sulfonamides is 1. The van der Waals surface area contributed by atoms with Crippen LogP contribution in [0.4, 0.5) is 10.1 Å². The van der Waals surface area contributed by atoms with Gasteiger partial charge in [0.2, 0.25) is 10.0 Å². The standard InChI is InChI=1S/C18H22FN3O3S/c1-25-18-5-4-16(11-17(18)19)26(23,24)21-12-14-6-9-22(10-7-14)15-3-2-8-20-13-15/h2-5,8,11,13-14,21H,6-7,9-10,12H2,1H3. The second-order valence-electron chi connectivity index (χ2n) is 6.29. The summed E-state index contributed by atoms with van der Waals surface area (Å²) in [6.07, 6.45) is 5.34. The molecule has 0 aliphatic carbocycles. The number of pyridine rings is 1. The molecule has 0 saturated carbocycles. The molecule has 3 rings (SSSR count). The summed E-state index contributed by atoms with van der Waals surface area (Å²) < 4.78 is 45.9. The Morgan fingerprint density at radius 1 is 1.31 bits per heavy atom. The molecule has 1 aromatic heterocycles. The summed E-state index contributed by atoms with van der Waals surface area (Å²) in [6, 6.07) is 7.56. The van der Waals surface area contributed by atoms with Crippen molar-refractivity contribution in [3.05, 3.63) is 48.5 Å². The van der Waals surface area contributed by atoms with E-state index < -0.39 is 15.8 Å². The Kier molecular flexibility index (Phi) is 5.73. The Morgan fingerprint density at radius 3 is 2.69 bits per heavy atom. The van der Waals surface area contributed by atoms with Crippen molar-refractivity contribution in [2.45, 2.75) is 17.7 Å². The van der Waals surface area contributed by atoms with Crippen molar-refractivity contribution in [3.8, 4) is 5.75 Å². The number of nitrogens with one attached hydrogen (secondary N) is 1. The number of hydrogen-bond acceptors (Lipinski definition) is 5. The molecule has 6 nitrogen and oxygen atoms in total. The van der Waals surface area contributed by atoms with Crippen molar-refractivity contribution < 1.29 is 17.5 Å². The molecule has 8 heteroatoms. The van der Waals surface area contributed by atoms with Gasteiger partial charge in [0.05, 0.1) is 23.9 Å². The molecule has 1 aliphatic rings. The molecule has 1 saturated heterocycles. The third kappa shape index (κ3) is 4.31. The van der Waals surface area contributed by atoms with E-state index in [1.54, 1.807) is 6.20 Å². The molecule has 0 unspecified atom stereocenters. The molecule has 2 heterocycles. The summed E-state index contributed by atoms with van der Waals surface area (Å²) in [5.74, 6) is -0.423. The highest BCUT2D eigenvalue weighted by molar-refractivity contribution is 7.89. The topological polar surface area (TPSA) is 71.5 Å². The Bertz CT molecular complexity index is 838. The largest absolute Gasteiger partial charge is 0.494 e. The summed E-state index contributed by atoms with van der Waals surface area (Å²) in [6.45, 7) is 2.06. The van der Waals surface area contributed by atoms with Crippen molar-refractivity contribution in [1.29, 1.82) is 0 Å². The number of benzene rings is 1. The van der Waals surface area contributed by atoms with Crippen LogP contribution in [0.25, 0.3) is 0 Å². The minimum Gasteiger partial charge on any atom is -0.494 e. The predicted octanol–water partition coefficient (Wildman–Crippen LogP) is 2.42. The number of hydrogen-bond donors (Lipinski definition) is 1. The normalized spacial score (nSPS) is 15.8. The van der Waals surface area contributed by atoms with Crippen LogP contribution in [0.5, 0.6) is 5.75 Å². The van der Waals surface area contributed by atoms with Gasteiger partial charge in [0.1, 0.15) is 0 Å². The Balaban J connectivity index is 1.55. The molecular formula is C18H22FN3O3S. The zero-order chi connectivity index (χ0) is 18.6. The van der Waals surface area contributed by atoms with Gasteiger partial charge in [-0.2, -0.15) is 0 Å². The molecule has 26 heavy (non-hydrogen) atoms. The quantitative estimate of drug-likeness (QED) is 0.835. The maximum atomic E-state index is 13.8. The molecule has 1 aliphatic heterocycles. The first-order chi connectivity index (χ1) is 12.5. The molecule has 0 atom stereocenters. The lowest BCUT2D eigenvalue weighted by molar-refractivity contribution is 0.385. The Morgan fingerprint density at radius 2 is 2.08 bits per heavy atom. The van der Waals surface area contributed by atoms with E-state index in [4.69, 9.17) is 4.74 Å². The third-order valence-electron chi connectivity index (χ3n) is 4.62. The van der Waals surface area contributed by atoms with E-state index >= 15 is 0 Å². The summed E-state index contributed by atoms with van der Waals surface area (Å²) >= 11 is 0. The van der Waals surface area contributed by atoms with Crippen molar-refractivity contribution in [2.24, 2.45) is 5.92 Å². The highest BCUT2D eigenvalue weighted by atomic mass is 32.2. The van der Waals surface area contributed by atoms with Crippen LogP contribution in [-0.4, -0.2) is 40.1 Å². The van der Waals surface area contributed by atoms with Gasteiger partial charge in [0.25, 0.3) is 0 Å². The number of ether oxygens (including phenoxy) is 1. The van der Waals surface area contributed by atoms with Gasteiger partial charge in [-0.25, -0.2) is 17.5 Å². The summed E-state index contributed by atoms with van der Waals surface area (Å²) in [7, 11) is -2.41. The second kappa shape index (κ2) is 8.01. The first-order valence-corrected chi connectivity index (χ1v) is 9.96. The highest BCUT2D eigenvalue weighted by Crippen LogP contribution is 2.23. The number of rotatable bonds is 6. The first kappa shape index (κ1) is 18.6. The Hall–Kier alpha value is -2.19. The van der Waals surface area contributed by atoms with Crippen LogP contribution < -0.4 is 14.4 Å². The molecule has 0 amide bonds. The van der Waals surface area contributed by atoms with Crippen LogP contribution in [0.2, 0.25) is 0 Å². The van der Waals surface area contributed by atoms with Gasteiger partial charge in [0.15, 0.2) is 11.6 Å². The monoisotopic (exact) mass is 379 g/mol. The van der Waals surface area contributed by atoms with E-state index in [0.29, 0.717) is 6.54 Å². The zero-order valence-corrected chi connectivity index (χ0v) is 15.4. The first-order valence-electron chi connectivity index (χ1n) is 8.48. The van der Waals surface area contributed by atoms with E-state index in [9.17, 15) is 12.8 Å². The predicted molar refractivity (Wildman–Crippen MR) is 97.3 cm³/mol. The maximum absolute atomic E-state index is 13.8.